The summed E-state index contributed by atoms with van der Waals surface area (Å²) in [5.41, 5.74) is 2.16. The van der Waals surface area contributed by atoms with Crippen LogP contribution in [0.3, 0.4) is 0 Å². The van der Waals surface area contributed by atoms with E-state index < -0.39 is 5.83 Å². The molecule has 2 aliphatic rings. The Kier molecular flexibility index (Phi) is 8.30. The number of halogens is 1. The van der Waals surface area contributed by atoms with Gasteiger partial charge in [-0.2, -0.15) is 14.9 Å². The molecule has 0 heterocycles. The molecule has 0 unspecified atom stereocenters. The van der Waals surface area contributed by atoms with Gasteiger partial charge in [0.15, 0.2) is 5.83 Å². The molecule has 0 spiro atoms. The second kappa shape index (κ2) is 11.2. The molecule has 2 aliphatic carbocycles. The fourth-order valence-corrected chi connectivity index (χ4v) is 5.37. The van der Waals surface area contributed by atoms with Crippen molar-refractivity contribution in [1.82, 2.24) is 0 Å². The second-order valence-corrected chi connectivity index (χ2v) is 9.14. The average molecular weight is 393 g/mol. The van der Waals surface area contributed by atoms with Gasteiger partial charge in [0.2, 0.25) is 0 Å². The van der Waals surface area contributed by atoms with Crippen LogP contribution in [0.25, 0.3) is 0 Å². The lowest BCUT2D eigenvalue weighted by Crippen LogP contribution is -2.14. The van der Waals surface area contributed by atoms with E-state index in [1.54, 1.807) is 6.07 Å². The van der Waals surface area contributed by atoms with Gasteiger partial charge < -0.3 is 0 Å². The minimum absolute atomic E-state index is 0.275. The van der Waals surface area contributed by atoms with Crippen LogP contribution >= 0.6 is 0 Å². The van der Waals surface area contributed by atoms with Crippen molar-refractivity contribution in [3.8, 4) is 12.1 Å². The number of nitrogens with zero attached hydrogens (tertiary/aromatic N) is 2. The number of benzene rings is 1. The number of rotatable bonds is 7. The lowest BCUT2D eigenvalue weighted by Gasteiger charge is -2.29. The van der Waals surface area contributed by atoms with E-state index in [4.69, 9.17) is 10.5 Å². The third-order valence-corrected chi connectivity index (χ3v) is 7.21. The minimum Gasteiger partial charge on any atom is -0.195 e. The van der Waals surface area contributed by atoms with Crippen LogP contribution < -0.4 is 0 Å². The van der Waals surface area contributed by atoms with Crippen LogP contribution in [0, 0.1) is 40.4 Å². The quantitative estimate of drug-likeness (QED) is 0.355. The highest BCUT2D eigenvalue weighted by molar-refractivity contribution is 5.33. The third-order valence-electron chi connectivity index (χ3n) is 7.21. The fraction of sp³-hybridized carbons (Fsp3) is 0.615. The van der Waals surface area contributed by atoms with Crippen molar-refractivity contribution in [1.29, 1.82) is 10.5 Å². The van der Waals surface area contributed by atoms with Gasteiger partial charge in [-0.3, -0.25) is 0 Å². The van der Waals surface area contributed by atoms with Gasteiger partial charge in [-0.1, -0.05) is 37.8 Å². The molecule has 0 bridgehead atoms. The molecule has 3 rings (SSSR count). The zero-order valence-electron chi connectivity index (χ0n) is 17.5. The Morgan fingerprint density at radius 1 is 0.862 bits per heavy atom. The van der Waals surface area contributed by atoms with E-state index in [0.717, 1.165) is 30.2 Å². The van der Waals surface area contributed by atoms with E-state index in [1.165, 1.54) is 75.8 Å². The highest BCUT2D eigenvalue weighted by atomic mass is 19.1. The van der Waals surface area contributed by atoms with Crippen molar-refractivity contribution in [2.24, 2.45) is 17.8 Å². The summed E-state index contributed by atoms with van der Waals surface area (Å²) in [4.78, 5) is 0. The van der Waals surface area contributed by atoms with E-state index in [9.17, 15) is 4.39 Å². The first kappa shape index (κ1) is 21.6. The molecule has 0 amide bonds. The second-order valence-electron chi connectivity index (χ2n) is 9.14. The van der Waals surface area contributed by atoms with Gasteiger partial charge in [-0.05, 0) is 98.8 Å². The van der Waals surface area contributed by atoms with Crippen LogP contribution in [-0.2, 0) is 0 Å². The molecule has 0 N–H and O–H groups in total. The van der Waals surface area contributed by atoms with Crippen LogP contribution in [0.15, 0.2) is 36.2 Å². The first-order valence-electron chi connectivity index (χ1n) is 11.5. The van der Waals surface area contributed by atoms with E-state index in [2.05, 4.69) is 18.2 Å². The molecule has 2 nitrogen and oxygen atoms in total. The Hall–Kier alpha value is -2.13. The summed E-state index contributed by atoms with van der Waals surface area (Å²) in [5, 5.41) is 17.5. The van der Waals surface area contributed by atoms with Crippen molar-refractivity contribution in [2.75, 3.05) is 0 Å². The average Bonchev–Trinajstić information content (AvgIpc) is 2.78. The minimum atomic E-state index is -0.609. The predicted molar refractivity (Wildman–Crippen MR) is 115 cm³/mol. The fourth-order valence-electron chi connectivity index (χ4n) is 5.37. The predicted octanol–water partition coefficient (Wildman–Crippen LogP) is 7.58. The lowest BCUT2D eigenvalue weighted by atomic mass is 9.76. The molecule has 0 saturated heterocycles. The zero-order valence-corrected chi connectivity index (χ0v) is 17.5. The number of allylic oxidation sites excluding steroid dienone is 2. The summed E-state index contributed by atoms with van der Waals surface area (Å²) >= 11 is 0. The normalized spacial score (nSPS) is 27.8. The van der Waals surface area contributed by atoms with Gasteiger partial charge >= 0.3 is 0 Å². The number of nitriles is 2. The molecular weight excluding hydrogens is 359 g/mol. The zero-order chi connectivity index (χ0) is 20.5. The molecule has 0 aliphatic heterocycles. The van der Waals surface area contributed by atoms with Gasteiger partial charge in [-0.15, -0.1) is 0 Å². The standard InChI is InChI=1S/C26H33FN2/c27-26(19-29)17-22-7-5-20(6-8-22)3-1-2-4-21-9-13-24(14-10-21)25-15-11-23(18-28)12-16-25/h11-12,15-17,20-22,24H,1-10,13-14H2/b26-17-. The topological polar surface area (TPSA) is 47.6 Å². The first-order chi connectivity index (χ1) is 14.2. The molecule has 2 fully saturated rings. The molecule has 0 atom stereocenters. The van der Waals surface area contributed by atoms with Gasteiger partial charge in [0.05, 0.1) is 11.6 Å². The Labute approximate surface area is 175 Å². The van der Waals surface area contributed by atoms with E-state index in [0.29, 0.717) is 5.92 Å². The Morgan fingerprint density at radius 2 is 1.41 bits per heavy atom. The largest absolute Gasteiger partial charge is 0.196 e. The summed E-state index contributed by atoms with van der Waals surface area (Å²) in [6, 6.07) is 12.0. The molecule has 29 heavy (non-hydrogen) atoms. The molecule has 0 radical (unpaired) electrons. The summed E-state index contributed by atoms with van der Waals surface area (Å²) < 4.78 is 13.1. The van der Waals surface area contributed by atoms with Crippen LogP contribution in [0.4, 0.5) is 4.39 Å². The highest BCUT2D eigenvalue weighted by Gasteiger charge is 2.23. The Morgan fingerprint density at radius 3 is 1.93 bits per heavy atom. The maximum atomic E-state index is 13.1. The van der Waals surface area contributed by atoms with Crippen LogP contribution in [0.2, 0.25) is 0 Å². The van der Waals surface area contributed by atoms with Crippen molar-refractivity contribution < 1.29 is 4.39 Å². The van der Waals surface area contributed by atoms with Crippen LogP contribution in [-0.4, -0.2) is 0 Å². The number of unbranched alkanes of at least 4 members (excludes halogenated alkanes) is 1. The molecule has 154 valence electrons. The number of hydrogen-bond acceptors (Lipinski definition) is 2. The summed E-state index contributed by atoms with van der Waals surface area (Å²) in [6.45, 7) is 0. The molecule has 2 saturated carbocycles. The monoisotopic (exact) mass is 392 g/mol. The molecule has 0 aromatic heterocycles. The van der Waals surface area contributed by atoms with Crippen molar-refractivity contribution in [2.45, 2.75) is 83.0 Å². The van der Waals surface area contributed by atoms with Gasteiger partial charge in [0.1, 0.15) is 6.07 Å². The van der Waals surface area contributed by atoms with Crippen LogP contribution in [0.1, 0.15) is 94.1 Å². The van der Waals surface area contributed by atoms with E-state index >= 15 is 0 Å². The molecule has 1 aromatic rings. The first-order valence-corrected chi connectivity index (χ1v) is 11.5. The van der Waals surface area contributed by atoms with Crippen LogP contribution in [0.5, 0.6) is 0 Å². The SMILES string of the molecule is N#C/C(F)=C/C1CCC(CCCCC2CCC(c3ccc(C#N)cc3)CC2)CC1. The van der Waals surface area contributed by atoms with Crippen molar-refractivity contribution in [3.63, 3.8) is 0 Å². The maximum Gasteiger partial charge on any atom is 0.196 e. The van der Waals surface area contributed by atoms with Crippen molar-refractivity contribution >= 4 is 0 Å². The summed E-state index contributed by atoms with van der Waals surface area (Å²) in [5.74, 6) is 2.03. The lowest BCUT2D eigenvalue weighted by molar-refractivity contribution is 0.272. The molecule has 3 heteroatoms. The Bertz CT molecular complexity index is 736. The van der Waals surface area contributed by atoms with Gasteiger partial charge in [-0.25, -0.2) is 0 Å². The smallest absolute Gasteiger partial charge is 0.195 e. The maximum absolute atomic E-state index is 13.1. The van der Waals surface area contributed by atoms with E-state index in [-0.39, 0.29) is 5.92 Å². The van der Waals surface area contributed by atoms with Gasteiger partial charge in [0.25, 0.3) is 0 Å². The van der Waals surface area contributed by atoms with Gasteiger partial charge in [0, 0.05) is 0 Å². The molecular formula is C26H33FN2. The third kappa shape index (κ3) is 6.71. The summed E-state index contributed by atoms with van der Waals surface area (Å²) in [6.07, 6.45) is 16.6. The van der Waals surface area contributed by atoms with E-state index in [1.807, 2.05) is 12.1 Å². The molecule has 1 aromatic carbocycles. The summed E-state index contributed by atoms with van der Waals surface area (Å²) in [7, 11) is 0. The highest BCUT2D eigenvalue weighted by Crippen LogP contribution is 2.38. The van der Waals surface area contributed by atoms with Crippen molar-refractivity contribution in [3.05, 3.63) is 47.3 Å². The Balaban J connectivity index is 1.28. The number of hydrogen-bond donors (Lipinski definition) is 0.